The van der Waals surface area contributed by atoms with Crippen LogP contribution in [-0.2, 0) is 40.4 Å². The van der Waals surface area contributed by atoms with E-state index in [-0.39, 0.29) is 89.8 Å². The van der Waals surface area contributed by atoms with E-state index >= 15 is 0 Å². The van der Waals surface area contributed by atoms with Crippen LogP contribution in [0.3, 0.4) is 0 Å². The Kier molecular flexibility index (Phi) is 33.9. The number of nitrogens with two attached hydrogens (primary N) is 6. The van der Waals surface area contributed by atoms with Gasteiger partial charge in [-0.2, -0.15) is 0 Å². The summed E-state index contributed by atoms with van der Waals surface area (Å²) in [6.07, 6.45) is 50.5. The van der Waals surface area contributed by atoms with Crippen LogP contribution in [-0.4, -0.2) is 52.0 Å². The zero-order valence-corrected chi connectivity index (χ0v) is 83.0. The van der Waals surface area contributed by atoms with Crippen LogP contribution in [0.4, 0.5) is 34.1 Å². The lowest BCUT2D eigenvalue weighted by atomic mass is 9.46. The van der Waals surface area contributed by atoms with Crippen molar-refractivity contribution in [1.29, 1.82) is 0 Å². The number of nitrogen functional groups attached to an aromatic ring is 6. The molecule has 15 N–H and O–H groups in total. The van der Waals surface area contributed by atoms with Gasteiger partial charge in [-0.3, -0.25) is 30.2 Å². The molecule has 3 aromatic carbocycles. The Labute approximate surface area is 783 Å². The Morgan fingerprint density at radius 2 is 0.700 bits per heavy atom. The predicted octanol–water partition coefficient (Wildman–Crippen LogP) is 27.3. The zero-order chi connectivity index (χ0) is 93.5. The van der Waals surface area contributed by atoms with E-state index in [4.69, 9.17) is 63.3 Å². The van der Waals surface area contributed by atoms with Crippen LogP contribution in [0.15, 0.2) is 89.5 Å². The molecule has 0 aliphatic heterocycles. The van der Waals surface area contributed by atoms with E-state index in [1.165, 1.54) is 154 Å². The van der Waals surface area contributed by atoms with Crippen molar-refractivity contribution in [3.8, 4) is 11.5 Å². The highest BCUT2D eigenvalue weighted by molar-refractivity contribution is 5.76. The maximum absolute atomic E-state index is 12.6. The summed E-state index contributed by atoms with van der Waals surface area (Å²) in [7, 11) is 0. The van der Waals surface area contributed by atoms with Crippen LogP contribution in [0.25, 0.3) is 0 Å². The minimum atomic E-state index is -0.394. The van der Waals surface area contributed by atoms with Crippen molar-refractivity contribution in [2.75, 3.05) is 34.4 Å². The first-order valence-corrected chi connectivity index (χ1v) is 52.4. The van der Waals surface area contributed by atoms with Crippen LogP contribution in [0.2, 0.25) is 0 Å². The summed E-state index contributed by atoms with van der Waals surface area (Å²) in [5.74, 6) is 15.0. The number of fused-ring (bicyclic) bond motifs is 15. The number of hydrogen-bond donors (Lipinski definition) is 9. The number of ether oxygens (including phenoxy) is 3. The number of allylic oxidation sites excluding steroid dienone is 6. The lowest BCUT2D eigenvalue weighted by molar-refractivity contribution is -0.293. The molecule has 27 atom stereocenters. The van der Waals surface area contributed by atoms with E-state index in [1.54, 1.807) is 71.3 Å². The van der Waals surface area contributed by atoms with Crippen LogP contribution >= 0.6 is 0 Å². The third-order valence-corrected chi connectivity index (χ3v) is 39.0. The summed E-state index contributed by atoms with van der Waals surface area (Å²) in [4.78, 5) is 52.8. The second-order valence-corrected chi connectivity index (χ2v) is 47.6. The van der Waals surface area contributed by atoms with Crippen molar-refractivity contribution >= 4 is 52.0 Å². The van der Waals surface area contributed by atoms with E-state index in [0.717, 1.165) is 170 Å². The molecule has 3 aromatic rings. The van der Waals surface area contributed by atoms with Gasteiger partial charge in [-0.15, -0.1) is 0 Å². The first-order chi connectivity index (χ1) is 61.9. The molecule has 0 radical (unpaired) electrons. The molecule has 726 valence electrons. The normalized spacial score (nSPS) is 34.8. The molecule has 0 saturated heterocycles. The monoisotopic (exact) mass is 1800 g/mol. The summed E-state index contributed by atoms with van der Waals surface area (Å²) < 4.78 is 16.4. The van der Waals surface area contributed by atoms with E-state index in [9.17, 15) is 30.2 Å². The number of hydrogen-bond acceptors (Lipinski definition) is 18. The number of carbonyl (C=O) groups is 3. The van der Waals surface area contributed by atoms with Crippen molar-refractivity contribution < 1.29 is 59.0 Å². The van der Waals surface area contributed by atoms with E-state index in [0.29, 0.717) is 75.4 Å². The molecule has 18 heteroatoms. The van der Waals surface area contributed by atoms with E-state index < -0.39 is 12.1 Å². The third-order valence-electron chi connectivity index (χ3n) is 39.0. The summed E-state index contributed by atoms with van der Waals surface area (Å²) in [6, 6.07) is 14.9. The Hall–Kier alpha value is -6.15. The van der Waals surface area contributed by atoms with Gasteiger partial charge in [0.25, 0.3) is 0 Å². The lowest BCUT2D eigenvalue weighted by Crippen LogP contribution is -2.51. The van der Waals surface area contributed by atoms with Gasteiger partial charge < -0.3 is 48.6 Å². The van der Waals surface area contributed by atoms with Crippen molar-refractivity contribution in [3.05, 3.63) is 95.1 Å². The standard InChI is InChI=1S/C38H60N2O4.2C37H58N2O4/c1-24(2)7-6-8-25(3)31-13-14-32-30-12-10-28-21-26(17-19-37(28,4)33(30)18-20-38(31,32)5)35(44-42)15-16-36(41)43-23-27-9-11-29(39)22-34(27)40;1-23(2)7-6-8-24(3)29-12-13-30-28-11-9-26-21-25(17-19-36(26,4)31(28)18-20-37(29,30)5)33(43-41)15-16-35(40)42-34-14-10-27(38)22-32(34)39;1-23(2)7-6-8-24(3)29-12-13-30-28-11-9-26-21-25(17-19-36(26,4)31(28)18-20-37(29,30)5)33(43-41)15-16-35(40)42-34-22-27(38)10-14-32(34)39/h9-11,22,24-26,30-33,35,42H,6-8,12-21,23,39-40H2,1-5H3;2*9-10,14,22-25,28-31,33,41H,6-8,11-13,15-21,38-39H2,1-5H3. The highest BCUT2D eigenvalue weighted by Crippen LogP contribution is 2.72. The van der Waals surface area contributed by atoms with Crippen molar-refractivity contribution in [2.45, 2.75) is 379 Å². The van der Waals surface area contributed by atoms with Crippen molar-refractivity contribution in [3.63, 3.8) is 0 Å². The van der Waals surface area contributed by atoms with Gasteiger partial charge in [0, 0.05) is 53.6 Å². The van der Waals surface area contributed by atoms with Crippen molar-refractivity contribution in [1.82, 2.24) is 0 Å². The summed E-state index contributed by atoms with van der Waals surface area (Å²) in [6.45, 7) is 37.5. The molecule has 12 aliphatic carbocycles. The fraction of sp³-hybridized carbons (Fsp3) is 0.759. The Balaban J connectivity index is 0.000000166. The highest BCUT2D eigenvalue weighted by Gasteiger charge is 2.64. The average Bonchev–Trinajstić information content (AvgIpc) is 1.46. The first kappa shape index (κ1) is 101. The van der Waals surface area contributed by atoms with Crippen LogP contribution in [0, 0.1) is 157 Å². The van der Waals surface area contributed by atoms with Gasteiger partial charge in [0.1, 0.15) is 6.61 Å². The van der Waals surface area contributed by atoms with Crippen LogP contribution < -0.4 is 43.9 Å². The van der Waals surface area contributed by atoms with E-state index in [2.05, 4.69) is 122 Å². The van der Waals surface area contributed by atoms with Crippen LogP contribution in [0.5, 0.6) is 11.5 Å². The number of esters is 3. The van der Waals surface area contributed by atoms with Gasteiger partial charge in [0.05, 0.1) is 29.7 Å². The summed E-state index contributed by atoms with van der Waals surface area (Å²) >= 11 is 0. The number of anilines is 6. The maximum atomic E-state index is 12.6. The Morgan fingerprint density at radius 3 is 1.05 bits per heavy atom. The SMILES string of the molecule is CC(C)CCCC(C)C1CCC2C3CC=C4CC(C(CCC(=O)OCc5ccc(N)cc5N)OO)CCC4(C)C3CCC12C.CC(C)CCCC(C)C1CCC2C3CC=C4CC(C(CCC(=O)Oc5cc(N)ccc5N)OO)CCC4(C)C3CCC12C.CC(C)CCCC(C)C1CCC2C3CC=C4CC(C(CCC(=O)Oc5ccc(N)cc5N)OO)CCC4(C)C3CCC12C. The first-order valence-electron chi connectivity index (χ1n) is 52.4. The van der Waals surface area contributed by atoms with Gasteiger partial charge >= 0.3 is 17.9 Å². The molecule has 0 amide bonds. The molecule has 0 heterocycles. The van der Waals surface area contributed by atoms with Gasteiger partial charge in [0.15, 0.2) is 11.5 Å². The topological polar surface area (TPSA) is 323 Å². The molecule has 130 heavy (non-hydrogen) atoms. The largest absolute Gasteiger partial charge is 0.461 e. The minimum Gasteiger partial charge on any atom is -0.461 e. The quantitative estimate of drug-likeness (QED) is 0.00670. The van der Waals surface area contributed by atoms with Gasteiger partial charge in [-0.25, -0.2) is 14.7 Å². The molecule has 9 saturated carbocycles. The smallest absolute Gasteiger partial charge is 0.311 e. The molecule has 9 fully saturated rings. The second-order valence-electron chi connectivity index (χ2n) is 47.6. The third kappa shape index (κ3) is 22.2. The average molecular weight is 1800 g/mol. The fourth-order valence-electron chi connectivity index (χ4n) is 31.6. The molecular formula is C112H176N6O12. The number of benzene rings is 3. The summed E-state index contributed by atoms with van der Waals surface area (Å²) in [5.41, 5.74) is 45.7. The maximum Gasteiger partial charge on any atom is 0.311 e. The fourth-order valence-corrected chi connectivity index (χ4v) is 31.6. The van der Waals surface area contributed by atoms with Crippen LogP contribution in [0.1, 0.15) is 360 Å². The Bertz CT molecular complexity index is 4370. The predicted molar refractivity (Wildman–Crippen MR) is 527 cm³/mol. The van der Waals surface area contributed by atoms with Gasteiger partial charge in [-0.05, 0) is 373 Å². The molecule has 0 aromatic heterocycles. The van der Waals surface area contributed by atoms with Gasteiger partial charge in [0.2, 0.25) is 0 Å². The molecule has 27 unspecified atom stereocenters. The van der Waals surface area contributed by atoms with Gasteiger partial charge in [-0.1, -0.05) is 203 Å². The van der Waals surface area contributed by atoms with Crippen molar-refractivity contribution in [2.24, 2.45) is 157 Å². The molecule has 15 rings (SSSR count). The molecule has 18 nitrogen and oxygen atoms in total. The number of carbonyl (C=O) groups excluding carboxylic acids is 3. The molecular weight excluding hydrogens is 1620 g/mol. The second kappa shape index (κ2) is 43.5. The summed E-state index contributed by atoms with van der Waals surface area (Å²) in [5, 5.41) is 29.7. The zero-order valence-electron chi connectivity index (χ0n) is 83.0. The molecule has 0 bridgehead atoms. The number of rotatable bonds is 34. The Morgan fingerprint density at radius 1 is 0.362 bits per heavy atom. The molecule has 0 spiro atoms. The minimum absolute atomic E-state index is 0.116. The highest BCUT2D eigenvalue weighted by atomic mass is 17.1. The van der Waals surface area contributed by atoms with E-state index in [1.807, 2.05) is 0 Å². The molecule has 12 aliphatic rings. The lowest BCUT2D eigenvalue weighted by Gasteiger charge is -2.59.